The molecule has 9 heteroatoms. The van der Waals surface area contributed by atoms with Gasteiger partial charge in [-0.15, -0.1) is 0 Å². The number of nitrogens with zero attached hydrogens (tertiary/aromatic N) is 3. The number of carbonyl (C=O) groups excluding carboxylic acids is 1. The fourth-order valence-electron chi connectivity index (χ4n) is 3.11. The second-order valence-electron chi connectivity index (χ2n) is 6.84. The fourth-order valence-corrected chi connectivity index (χ4v) is 3.11. The molecule has 156 valence electrons. The largest absolute Gasteiger partial charge is 0.496 e. The van der Waals surface area contributed by atoms with E-state index in [1.165, 1.54) is 17.9 Å². The number of aromatic nitrogens is 3. The first-order valence-corrected chi connectivity index (χ1v) is 9.25. The molecular weight excluding hydrogens is 396 g/mol. The van der Waals surface area contributed by atoms with Crippen LogP contribution in [0.2, 0.25) is 0 Å². The van der Waals surface area contributed by atoms with E-state index >= 15 is 0 Å². The Morgan fingerprint density at radius 1 is 1.27 bits per heavy atom. The van der Waals surface area contributed by atoms with Gasteiger partial charge in [0.2, 0.25) is 5.88 Å². The second-order valence-corrected chi connectivity index (χ2v) is 6.84. The molecule has 0 spiro atoms. The number of carbonyl (C=O) groups is 1. The van der Waals surface area contributed by atoms with Gasteiger partial charge in [0.05, 0.1) is 31.6 Å². The number of ketones is 1. The van der Waals surface area contributed by atoms with Crippen molar-refractivity contribution in [3.63, 3.8) is 0 Å². The highest BCUT2D eigenvalue weighted by molar-refractivity contribution is 5.97. The van der Waals surface area contributed by atoms with Crippen molar-refractivity contribution in [2.24, 2.45) is 7.05 Å². The molecule has 0 atom stereocenters. The normalized spacial score (nSPS) is 13.7. The number of Topliss-reactive ketones (excluding diaryl/α,β-unsaturated/α-hetero) is 1. The smallest absolute Gasteiger partial charge is 0.217 e. The van der Waals surface area contributed by atoms with Gasteiger partial charge in [0.15, 0.2) is 5.78 Å². The lowest BCUT2D eigenvalue weighted by Gasteiger charge is -2.26. The van der Waals surface area contributed by atoms with Crippen LogP contribution in [0.4, 0.5) is 8.78 Å². The number of ether oxygens (including phenoxy) is 3. The molecule has 0 unspecified atom stereocenters. The predicted molar refractivity (Wildman–Crippen MR) is 103 cm³/mol. The van der Waals surface area contributed by atoms with E-state index < -0.39 is 23.8 Å². The van der Waals surface area contributed by atoms with E-state index in [-0.39, 0.29) is 17.4 Å². The number of rotatable bonds is 7. The maximum atomic E-state index is 13.9. The molecule has 7 nitrogen and oxygen atoms in total. The third-order valence-corrected chi connectivity index (χ3v) is 4.80. The first kappa shape index (κ1) is 20.0. The molecule has 1 aliphatic heterocycles. The molecule has 1 saturated heterocycles. The number of methoxy groups -OCH3 is 1. The Morgan fingerprint density at radius 2 is 2.00 bits per heavy atom. The van der Waals surface area contributed by atoms with Crippen LogP contribution < -0.4 is 9.47 Å². The van der Waals surface area contributed by atoms with Gasteiger partial charge < -0.3 is 14.2 Å². The van der Waals surface area contributed by atoms with Crippen molar-refractivity contribution >= 4 is 5.78 Å². The summed E-state index contributed by atoms with van der Waals surface area (Å²) in [6.07, 6.45) is 1.10. The molecule has 0 amide bonds. The van der Waals surface area contributed by atoms with Gasteiger partial charge in [-0.05, 0) is 18.2 Å². The lowest BCUT2D eigenvalue weighted by molar-refractivity contribution is -0.0813. The standard InChI is InChI=1S/C21H19F2N3O4/c1-26-18(14-9-24-21(8-20(14)28-2)30-12-10-29-11-12)7-17(25-26)19(27)6-13-15(22)4-3-5-16(13)23/h3-5,7-9,12H,6,10-11H2,1-2H3. The number of hydrogen-bond donors (Lipinski definition) is 0. The van der Waals surface area contributed by atoms with E-state index in [4.69, 9.17) is 14.2 Å². The van der Waals surface area contributed by atoms with Crippen LogP contribution in [-0.2, 0) is 18.2 Å². The summed E-state index contributed by atoms with van der Waals surface area (Å²) < 4.78 is 45.4. The molecular formula is C21H19F2N3O4. The Kier molecular flexibility index (Phi) is 5.45. The van der Waals surface area contributed by atoms with Crippen molar-refractivity contribution in [1.82, 2.24) is 14.8 Å². The molecule has 4 rings (SSSR count). The van der Waals surface area contributed by atoms with E-state index in [2.05, 4.69) is 10.1 Å². The third kappa shape index (κ3) is 3.88. The summed E-state index contributed by atoms with van der Waals surface area (Å²) in [6, 6.07) is 6.68. The summed E-state index contributed by atoms with van der Waals surface area (Å²) in [5, 5.41) is 4.20. The van der Waals surface area contributed by atoms with Gasteiger partial charge in [-0.3, -0.25) is 9.48 Å². The number of hydrogen-bond acceptors (Lipinski definition) is 6. The first-order valence-electron chi connectivity index (χ1n) is 9.25. The van der Waals surface area contributed by atoms with Crippen LogP contribution in [0.5, 0.6) is 11.6 Å². The summed E-state index contributed by atoms with van der Waals surface area (Å²) in [5.74, 6) is -1.15. The van der Waals surface area contributed by atoms with Crippen molar-refractivity contribution in [3.8, 4) is 22.9 Å². The summed E-state index contributed by atoms with van der Waals surface area (Å²) in [5.41, 5.74) is 0.968. The van der Waals surface area contributed by atoms with Crippen LogP contribution >= 0.6 is 0 Å². The van der Waals surface area contributed by atoms with Crippen molar-refractivity contribution in [2.45, 2.75) is 12.5 Å². The minimum atomic E-state index is -0.766. The minimum absolute atomic E-state index is 0.0345. The quantitative estimate of drug-likeness (QED) is 0.553. The lowest BCUT2D eigenvalue weighted by atomic mass is 10.0. The minimum Gasteiger partial charge on any atom is -0.496 e. The van der Waals surface area contributed by atoms with Gasteiger partial charge in [0.25, 0.3) is 0 Å². The molecule has 1 aromatic carbocycles. The van der Waals surface area contributed by atoms with Gasteiger partial charge in [-0.1, -0.05) is 6.07 Å². The molecule has 0 bridgehead atoms. The van der Waals surface area contributed by atoms with E-state index in [1.54, 1.807) is 25.4 Å². The summed E-state index contributed by atoms with van der Waals surface area (Å²) in [6.45, 7) is 1.03. The average molecular weight is 415 g/mol. The van der Waals surface area contributed by atoms with Crippen LogP contribution in [0.15, 0.2) is 36.5 Å². The van der Waals surface area contributed by atoms with Gasteiger partial charge in [0, 0.05) is 31.3 Å². The van der Waals surface area contributed by atoms with Crippen LogP contribution in [0.25, 0.3) is 11.3 Å². The monoisotopic (exact) mass is 415 g/mol. The van der Waals surface area contributed by atoms with E-state index in [0.717, 1.165) is 12.1 Å². The number of aryl methyl sites for hydroxylation is 1. The summed E-state index contributed by atoms with van der Waals surface area (Å²) >= 11 is 0. The molecule has 0 N–H and O–H groups in total. The fraction of sp³-hybridized carbons (Fsp3) is 0.286. The molecule has 2 aromatic heterocycles. The van der Waals surface area contributed by atoms with Crippen LogP contribution in [0, 0.1) is 11.6 Å². The molecule has 1 fully saturated rings. The van der Waals surface area contributed by atoms with Crippen LogP contribution in [0.1, 0.15) is 16.1 Å². The second kappa shape index (κ2) is 8.19. The highest BCUT2D eigenvalue weighted by atomic mass is 19.1. The SMILES string of the molecule is COc1cc(OC2COC2)ncc1-c1cc(C(=O)Cc2c(F)cccc2F)nn1C. The Balaban J connectivity index is 1.59. The van der Waals surface area contributed by atoms with Crippen molar-refractivity contribution in [2.75, 3.05) is 20.3 Å². The Labute approximate surface area is 171 Å². The average Bonchev–Trinajstić information content (AvgIpc) is 3.09. The molecule has 0 aliphatic carbocycles. The van der Waals surface area contributed by atoms with Gasteiger partial charge in [0.1, 0.15) is 29.2 Å². The number of halogens is 2. The molecule has 0 radical (unpaired) electrons. The first-order chi connectivity index (χ1) is 14.5. The van der Waals surface area contributed by atoms with Crippen LogP contribution in [0.3, 0.4) is 0 Å². The van der Waals surface area contributed by atoms with Gasteiger partial charge >= 0.3 is 0 Å². The zero-order valence-corrected chi connectivity index (χ0v) is 16.4. The zero-order chi connectivity index (χ0) is 21.3. The van der Waals surface area contributed by atoms with E-state index in [9.17, 15) is 13.6 Å². The van der Waals surface area contributed by atoms with Crippen molar-refractivity contribution in [1.29, 1.82) is 0 Å². The summed E-state index contributed by atoms with van der Waals surface area (Å²) in [4.78, 5) is 16.9. The highest BCUT2D eigenvalue weighted by Gasteiger charge is 2.23. The molecule has 3 heterocycles. The van der Waals surface area contributed by atoms with Crippen LogP contribution in [-0.4, -0.2) is 47.0 Å². The van der Waals surface area contributed by atoms with Crippen molar-refractivity contribution in [3.05, 3.63) is 59.4 Å². The van der Waals surface area contributed by atoms with Crippen molar-refractivity contribution < 1.29 is 27.8 Å². The molecule has 1 aliphatic rings. The lowest BCUT2D eigenvalue weighted by Crippen LogP contribution is -2.38. The maximum absolute atomic E-state index is 13.9. The maximum Gasteiger partial charge on any atom is 0.217 e. The zero-order valence-electron chi connectivity index (χ0n) is 16.4. The highest BCUT2D eigenvalue weighted by Crippen LogP contribution is 2.32. The molecule has 30 heavy (non-hydrogen) atoms. The predicted octanol–water partition coefficient (Wildman–Crippen LogP) is 2.97. The van der Waals surface area contributed by atoms with Gasteiger partial charge in [-0.25, -0.2) is 13.8 Å². The Hall–Kier alpha value is -3.33. The Morgan fingerprint density at radius 3 is 2.63 bits per heavy atom. The number of pyridine rings is 1. The summed E-state index contributed by atoms with van der Waals surface area (Å²) in [7, 11) is 3.17. The Bertz CT molecular complexity index is 1080. The molecule has 0 saturated carbocycles. The molecule has 3 aromatic rings. The topological polar surface area (TPSA) is 75.5 Å². The van der Waals surface area contributed by atoms with E-state index in [1.807, 2.05) is 0 Å². The van der Waals surface area contributed by atoms with E-state index in [0.29, 0.717) is 36.1 Å². The third-order valence-electron chi connectivity index (χ3n) is 4.80. The van der Waals surface area contributed by atoms with Gasteiger partial charge in [-0.2, -0.15) is 5.10 Å². The number of benzene rings is 1.